The molecule has 0 amide bonds. The Balaban J connectivity index is 1.58. The fourth-order valence-electron chi connectivity index (χ4n) is 5.00. The molecule has 15 heteroatoms. The van der Waals surface area contributed by atoms with Gasteiger partial charge in [0.1, 0.15) is 42.4 Å². The predicted molar refractivity (Wildman–Crippen MR) is 140 cm³/mol. The second kappa shape index (κ2) is 11.8. The number of hydrogen-bond acceptors (Lipinski definition) is 13. The van der Waals surface area contributed by atoms with Crippen molar-refractivity contribution in [3.05, 3.63) is 29.8 Å². The molecule has 2 saturated heterocycles. The largest absolute Gasteiger partial charge is 0.530 e. The Morgan fingerprint density at radius 2 is 1.43 bits per heavy atom. The number of fused-ring (bicyclic) bond motifs is 2. The normalized spacial score (nSPS) is 33.1. The van der Waals surface area contributed by atoms with Gasteiger partial charge in [0, 0.05) is 13.7 Å². The van der Waals surface area contributed by atoms with Crippen LogP contribution >= 0.6 is 7.82 Å². The molecule has 1 aliphatic carbocycles. The van der Waals surface area contributed by atoms with Crippen LogP contribution in [0.1, 0.15) is 47.1 Å². The highest BCUT2D eigenvalue weighted by molar-refractivity contribution is 7.85. The molecule has 0 bridgehead atoms. The van der Waals surface area contributed by atoms with Crippen molar-refractivity contribution >= 4 is 17.9 Å². The van der Waals surface area contributed by atoms with Gasteiger partial charge in [0.15, 0.2) is 17.9 Å². The Hall–Kier alpha value is -1.16. The maximum absolute atomic E-state index is 13.8. The van der Waals surface area contributed by atoms with E-state index < -0.39 is 72.4 Å². The topological polar surface area (TPSA) is 144 Å². The molecule has 1 saturated carbocycles. The quantitative estimate of drug-likeness (QED) is 0.194. The SMILES string of the molecule is CCOC(C)O[C@@H]1[C@H]2OC(C)(C)O[C@H]2[C@@H](OP(=O)(OC)Oc2ccc(COS(C)(=O)=O)cc2)[C@@H]2OC(C)(C)O[C@@H]12. The van der Waals surface area contributed by atoms with Crippen LogP contribution in [0.15, 0.2) is 24.3 Å². The molecule has 4 rings (SSSR count). The number of ether oxygens (including phenoxy) is 6. The van der Waals surface area contributed by atoms with Gasteiger partial charge < -0.3 is 32.9 Å². The van der Waals surface area contributed by atoms with Crippen molar-refractivity contribution in [3.8, 4) is 5.75 Å². The summed E-state index contributed by atoms with van der Waals surface area (Å²) in [5, 5.41) is 0. The second-order valence-electron chi connectivity index (χ2n) is 10.7. The first-order valence-corrected chi connectivity index (χ1v) is 16.3. The summed E-state index contributed by atoms with van der Waals surface area (Å²) in [4.78, 5) is 0. The van der Waals surface area contributed by atoms with Crippen molar-refractivity contribution in [2.75, 3.05) is 20.0 Å². The summed E-state index contributed by atoms with van der Waals surface area (Å²) in [6.07, 6.45) is -4.16. The Kier molecular flexibility index (Phi) is 9.41. The molecule has 3 aliphatic rings. The minimum absolute atomic E-state index is 0.156. The van der Waals surface area contributed by atoms with E-state index in [0.29, 0.717) is 12.2 Å². The zero-order valence-electron chi connectivity index (χ0n) is 23.9. The third-order valence-electron chi connectivity index (χ3n) is 6.43. The zero-order valence-corrected chi connectivity index (χ0v) is 25.6. The van der Waals surface area contributed by atoms with Crippen LogP contribution in [-0.2, 0) is 62.9 Å². The third-order valence-corrected chi connectivity index (χ3v) is 8.36. The fourth-order valence-corrected chi connectivity index (χ4v) is 6.47. The van der Waals surface area contributed by atoms with Crippen LogP contribution in [0.3, 0.4) is 0 Å². The monoisotopic (exact) mass is 610 g/mol. The Labute approximate surface area is 235 Å². The second-order valence-corrected chi connectivity index (χ2v) is 14.0. The highest BCUT2D eigenvalue weighted by Gasteiger charge is 2.65. The first-order valence-electron chi connectivity index (χ1n) is 13.0. The van der Waals surface area contributed by atoms with E-state index in [1.165, 1.54) is 19.2 Å². The van der Waals surface area contributed by atoms with Crippen molar-refractivity contribution < 1.29 is 59.2 Å². The van der Waals surface area contributed by atoms with Gasteiger partial charge in [0.2, 0.25) is 0 Å². The molecule has 1 aromatic rings. The molecule has 0 radical (unpaired) electrons. The number of benzene rings is 1. The molecule has 13 nitrogen and oxygen atoms in total. The molecule has 40 heavy (non-hydrogen) atoms. The lowest BCUT2D eigenvalue weighted by Crippen LogP contribution is -2.63. The van der Waals surface area contributed by atoms with Gasteiger partial charge >= 0.3 is 7.82 Å². The lowest BCUT2D eigenvalue weighted by Gasteiger charge is -2.43. The van der Waals surface area contributed by atoms with E-state index in [0.717, 1.165) is 6.26 Å². The van der Waals surface area contributed by atoms with E-state index in [-0.39, 0.29) is 12.4 Å². The third kappa shape index (κ3) is 7.61. The maximum atomic E-state index is 13.8. The fraction of sp³-hybridized carbons (Fsp3) is 0.760. The van der Waals surface area contributed by atoms with E-state index in [1.54, 1.807) is 46.8 Å². The summed E-state index contributed by atoms with van der Waals surface area (Å²) < 4.78 is 94.9. The van der Waals surface area contributed by atoms with E-state index in [4.69, 9.17) is 46.2 Å². The molecular formula is C25H39O13PS. The number of phosphoric ester groups is 1. The van der Waals surface area contributed by atoms with Crippen LogP contribution in [0.5, 0.6) is 5.75 Å². The smallest absolute Gasteiger partial charge is 0.404 e. The highest BCUT2D eigenvalue weighted by Crippen LogP contribution is 2.55. The summed E-state index contributed by atoms with van der Waals surface area (Å²) in [5.41, 5.74) is 0.564. The van der Waals surface area contributed by atoms with Crippen LogP contribution in [0.2, 0.25) is 0 Å². The Morgan fingerprint density at radius 1 is 0.925 bits per heavy atom. The number of rotatable bonds is 12. The molecule has 8 atom stereocenters. The summed E-state index contributed by atoms with van der Waals surface area (Å²) >= 11 is 0. The summed E-state index contributed by atoms with van der Waals surface area (Å²) in [5.74, 6) is -1.86. The molecule has 0 aromatic heterocycles. The molecule has 228 valence electrons. The average Bonchev–Trinajstić information content (AvgIpc) is 3.35. The molecular weight excluding hydrogens is 571 g/mol. The Morgan fingerprint density at radius 3 is 1.88 bits per heavy atom. The van der Waals surface area contributed by atoms with Crippen LogP contribution in [0, 0.1) is 0 Å². The van der Waals surface area contributed by atoms with Gasteiger partial charge in [0.25, 0.3) is 10.1 Å². The van der Waals surface area contributed by atoms with E-state index in [2.05, 4.69) is 0 Å². The molecule has 2 unspecified atom stereocenters. The van der Waals surface area contributed by atoms with Gasteiger partial charge in [0.05, 0.1) is 12.9 Å². The van der Waals surface area contributed by atoms with Crippen LogP contribution < -0.4 is 4.52 Å². The summed E-state index contributed by atoms with van der Waals surface area (Å²) in [6, 6.07) is 6.14. The molecule has 3 fully saturated rings. The average molecular weight is 611 g/mol. The summed E-state index contributed by atoms with van der Waals surface area (Å²) in [6.45, 7) is 11.0. The lowest BCUT2D eigenvalue weighted by molar-refractivity contribution is -0.239. The molecule has 1 aromatic carbocycles. The number of phosphoric acid groups is 1. The van der Waals surface area contributed by atoms with Gasteiger partial charge in [-0.25, -0.2) is 4.57 Å². The van der Waals surface area contributed by atoms with Crippen molar-refractivity contribution in [2.24, 2.45) is 0 Å². The lowest BCUT2D eigenvalue weighted by atomic mass is 9.85. The highest BCUT2D eigenvalue weighted by atomic mass is 32.2. The number of hydrogen-bond donors (Lipinski definition) is 0. The van der Waals surface area contributed by atoms with E-state index in [9.17, 15) is 13.0 Å². The van der Waals surface area contributed by atoms with Crippen molar-refractivity contribution in [2.45, 2.75) is 103 Å². The molecule has 0 N–H and O–H groups in total. The Bertz CT molecular complexity index is 1140. The van der Waals surface area contributed by atoms with Gasteiger partial charge in [-0.05, 0) is 59.2 Å². The molecule has 0 spiro atoms. The van der Waals surface area contributed by atoms with Crippen molar-refractivity contribution in [1.82, 2.24) is 0 Å². The van der Waals surface area contributed by atoms with Crippen molar-refractivity contribution in [1.29, 1.82) is 0 Å². The molecule has 2 aliphatic heterocycles. The van der Waals surface area contributed by atoms with E-state index in [1.807, 2.05) is 6.92 Å². The minimum Gasteiger partial charge on any atom is -0.404 e. The first kappa shape index (κ1) is 31.8. The summed E-state index contributed by atoms with van der Waals surface area (Å²) in [7, 11) is -6.65. The zero-order chi connectivity index (χ0) is 29.5. The van der Waals surface area contributed by atoms with Crippen LogP contribution in [-0.4, -0.2) is 82.9 Å². The van der Waals surface area contributed by atoms with Crippen LogP contribution in [0.4, 0.5) is 0 Å². The van der Waals surface area contributed by atoms with Gasteiger partial charge in [-0.1, -0.05) is 12.1 Å². The molecule has 2 heterocycles. The van der Waals surface area contributed by atoms with E-state index >= 15 is 0 Å². The maximum Gasteiger partial charge on any atom is 0.530 e. The van der Waals surface area contributed by atoms with Gasteiger partial charge in [-0.2, -0.15) is 8.42 Å². The van der Waals surface area contributed by atoms with Gasteiger partial charge in [-0.3, -0.25) is 13.2 Å². The predicted octanol–water partition coefficient (Wildman–Crippen LogP) is 3.50. The minimum atomic E-state index is -4.25. The standard InChI is InChI=1S/C25H39O13PS/c1-9-30-15(2)32-18-19-21(35-24(3,4)33-19)23(22-20(18)34-25(5,6)36-22)38-39(26,29-7)37-17-12-10-16(11-13-17)14-31-40(8,27)28/h10-13,15,18-23H,9,14H2,1-8H3/t15?,18-,19-,20+,21-,22-,23-,39?/m1/s1. The van der Waals surface area contributed by atoms with Gasteiger partial charge in [-0.15, -0.1) is 0 Å². The van der Waals surface area contributed by atoms with Crippen molar-refractivity contribution in [3.63, 3.8) is 0 Å². The first-order chi connectivity index (χ1) is 18.5. The van der Waals surface area contributed by atoms with Crippen LogP contribution in [0.25, 0.3) is 0 Å².